The van der Waals surface area contributed by atoms with E-state index < -0.39 is 11.6 Å². The molecule has 2 rings (SSSR count). The fraction of sp³-hybridized carbons (Fsp3) is 0.0909. The molecule has 0 amide bonds. The van der Waals surface area contributed by atoms with E-state index in [1.807, 2.05) is 17.5 Å². The number of anilines is 1. The van der Waals surface area contributed by atoms with Gasteiger partial charge in [0.25, 0.3) is 0 Å². The first kappa shape index (κ1) is 11.5. The van der Waals surface area contributed by atoms with Crippen molar-refractivity contribution in [3.05, 3.63) is 50.6 Å². The highest BCUT2D eigenvalue weighted by atomic mass is 79.9. The highest BCUT2D eigenvalue weighted by molar-refractivity contribution is 9.10. The molecule has 0 atom stereocenters. The van der Waals surface area contributed by atoms with E-state index in [4.69, 9.17) is 0 Å². The van der Waals surface area contributed by atoms with Gasteiger partial charge in [-0.1, -0.05) is 6.07 Å². The summed E-state index contributed by atoms with van der Waals surface area (Å²) in [5.74, 6) is -1.18. The van der Waals surface area contributed by atoms with Crippen molar-refractivity contribution in [3.8, 4) is 0 Å². The highest BCUT2D eigenvalue weighted by Gasteiger charge is 2.07. The summed E-state index contributed by atoms with van der Waals surface area (Å²) >= 11 is 4.60. The van der Waals surface area contributed by atoms with Gasteiger partial charge in [-0.15, -0.1) is 11.3 Å². The SMILES string of the molecule is Fc1cc(F)c(NCc2cccs2)cc1Br. The molecule has 0 bridgehead atoms. The molecule has 0 aliphatic carbocycles. The van der Waals surface area contributed by atoms with Crippen LogP contribution >= 0.6 is 27.3 Å². The van der Waals surface area contributed by atoms with Crippen LogP contribution in [0.25, 0.3) is 0 Å². The lowest BCUT2D eigenvalue weighted by atomic mass is 10.3. The van der Waals surface area contributed by atoms with Crippen LogP contribution in [-0.4, -0.2) is 0 Å². The zero-order valence-corrected chi connectivity index (χ0v) is 10.5. The Labute approximate surface area is 104 Å². The Hall–Kier alpha value is -0.940. The second-order valence-electron chi connectivity index (χ2n) is 3.18. The van der Waals surface area contributed by atoms with Gasteiger partial charge in [-0.25, -0.2) is 8.78 Å². The molecule has 0 unspecified atom stereocenters. The number of rotatable bonds is 3. The quantitative estimate of drug-likeness (QED) is 0.829. The second-order valence-corrected chi connectivity index (χ2v) is 5.07. The predicted molar refractivity (Wildman–Crippen MR) is 65.7 cm³/mol. The fourth-order valence-corrected chi connectivity index (χ4v) is 2.24. The van der Waals surface area contributed by atoms with Crippen molar-refractivity contribution in [1.29, 1.82) is 0 Å². The minimum absolute atomic E-state index is 0.252. The number of benzene rings is 1. The Bertz CT molecular complexity index is 485. The molecule has 16 heavy (non-hydrogen) atoms. The summed E-state index contributed by atoms with van der Waals surface area (Å²) in [6.07, 6.45) is 0. The summed E-state index contributed by atoms with van der Waals surface area (Å²) in [6.45, 7) is 0.534. The largest absolute Gasteiger partial charge is 0.378 e. The summed E-state index contributed by atoms with van der Waals surface area (Å²) in [6, 6.07) is 6.14. The molecule has 1 aromatic carbocycles. The number of hydrogen-bond acceptors (Lipinski definition) is 2. The monoisotopic (exact) mass is 303 g/mol. The first-order valence-corrected chi connectivity index (χ1v) is 6.25. The predicted octanol–water partition coefficient (Wildman–Crippen LogP) is 4.40. The van der Waals surface area contributed by atoms with Crippen molar-refractivity contribution in [2.75, 3.05) is 5.32 Å². The molecule has 0 fully saturated rings. The maximum atomic E-state index is 13.3. The topological polar surface area (TPSA) is 12.0 Å². The van der Waals surface area contributed by atoms with E-state index >= 15 is 0 Å². The average molecular weight is 304 g/mol. The molecule has 5 heteroatoms. The third-order valence-corrected chi connectivity index (χ3v) is 3.53. The van der Waals surface area contributed by atoms with Crippen LogP contribution in [0.2, 0.25) is 0 Å². The number of thiophene rings is 1. The Morgan fingerprint density at radius 1 is 1.25 bits per heavy atom. The van der Waals surface area contributed by atoms with Crippen molar-refractivity contribution in [3.63, 3.8) is 0 Å². The number of hydrogen-bond donors (Lipinski definition) is 1. The van der Waals surface area contributed by atoms with E-state index in [9.17, 15) is 8.78 Å². The minimum atomic E-state index is -0.598. The lowest BCUT2D eigenvalue weighted by Crippen LogP contribution is -2.00. The van der Waals surface area contributed by atoms with Crippen LogP contribution in [0.4, 0.5) is 14.5 Å². The average Bonchev–Trinajstić information content (AvgIpc) is 2.74. The van der Waals surface area contributed by atoms with Gasteiger partial charge in [0.15, 0.2) is 0 Å². The summed E-state index contributed by atoms with van der Waals surface area (Å²) in [7, 11) is 0. The molecule has 0 aliphatic heterocycles. The summed E-state index contributed by atoms with van der Waals surface area (Å²) < 4.78 is 26.6. The normalized spacial score (nSPS) is 10.4. The van der Waals surface area contributed by atoms with Gasteiger partial charge >= 0.3 is 0 Å². The van der Waals surface area contributed by atoms with Gasteiger partial charge < -0.3 is 5.32 Å². The Balaban J connectivity index is 2.12. The maximum Gasteiger partial charge on any atom is 0.149 e. The maximum absolute atomic E-state index is 13.3. The number of halogens is 3. The molecular formula is C11H8BrF2NS. The Morgan fingerprint density at radius 3 is 2.75 bits per heavy atom. The first-order chi connectivity index (χ1) is 7.66. The zero-order valence-electron chi connectivity index (χ0n) is 8.14. The van der Waals surface area contributed by atoms with Crippen molar-refractivity contribution < 1.29 is 8.78 Å². The van der Waals surface area contributed by atoms with Crippen LogP contribution in [0.5, 0.6) is 0 Å². The van der Waals surface area contributed by atoms with Crippen LogP contribution in [0.3, 0.4) is 0 Å². The molecule has 1 nitrogen and oxygen atoms in total. The van der Waals surface area contributed by atoms with Crippen LogP contribution in [-0.2, 0) is 6.54 Å². The molecule has 0 radical (unpaired) electrons. The molecule has 1 aromatic heterocycles. The van der Waals surface area contributed by atoms with Crippen LogP contribution in [0, 0.1) is 11.6 Å². The molecule has 0 saturated heterocycles. The first-order valence-electron chi connectivity index (χ1n) is 4.57. The van der Waals surface area contributed by atoms with Crippen molar-refractivity contribution >= 4 is 33.0 Å². The zero-order chi connectivity index (χ0) is 11.5. The Morgan fingerprint density at radius 2 is 2.06 bits per heavy atom. The van der Waals surface area contributed by atoms with E-state index in [2.05, 4.69) is 21.2 Å². The van der Waals surface area contributed by atoms with Gasteiger partial charge in [-0.2, -0.15) is 0 Å². The van der Waals surface area contributed by atoms with Gasteiger partial charge in [0, 0.05) is 17.5 Å². The molecular weight excluding hydrogens is 296 g/mol. The summed E-state index contributed by atoms with van der Waals surface area (Å²) in [5.41, 5.74) is 0.293. The lowest BCUT2D eigenvalue weighted by molar-refractivity contribution is 0.580. The third-order valence-electron chi connectivity index (χ3n) is 2.04. The second kappa shape index (κ2) is 4.93. The van der Waals surface area contributed by atoms with E-state index in [0.29, 0.717) is 12.2 Å². The highest BCUT2D eigenvalue weighted by Crippen LogP contribution is 2.24. The third kappa shape index (κ3) is 2.59. The van der Waals surface area contributed by atoms with Crippen LogP contribution in [0.1, 0.15) is 4.88 Å². The smallest absolute Gasteiger partial charge is 0.149 e. The van der Waals surface area contributed by atoms with Crippen LogP contribution < -0.4 is 5.32 Å². The molecule has 0 aliphatic rings. The van der Waals surface area contributed by atoms with E-state index in [1.54, 1.807) is 11.3 Å². The van der Waals surface area contributed by atoms with Gasteiger partial charge in [0.05, 0.1) is 10.2 Å². The van der Waals surface area contributed by atoms with Crippen molar-refractivity contribution in [1.82, 2.24) is 0 Å². The molecule has 84 valence electrons. The summed E-state index contributed by atoms with van der Waals surface area (Å²) in [5, 5.41) is 4.87. The van der Waals surface area contributed by atoms with Gasteiger partial charge in [0.1, 0.15) is 11.6 Å². The van der Waals surface area contributed by atoms with E-state index in [1.165, 1.54) is 6.07 Å². The minimum Gasteiger partial charge on any atom is -0.378 e. The van der Waals surface area contributed by atoms with E-state index in [0.717, 1.165) is 10.9 Å². The van der Waals surface area contributed by atoms with Crippen LogP contribution in [0.15, 0.2) is 34.1 Å². The van der Waals surface area contributed by atoms with Crippen molar-refractivity contribution in [2.24, 2.45) is 0 Å². The van der Waals surface area contributed by atoms with E-state index in [-0.39, 0.29) is 4.47 Å². The molecule has 1 N–H and O–H groups in total. The standard InChI is InChI=1S/C11H8BrF2NS/c12-8-4-11(10(14)5-9(8)13)15-6-7-2-1-3-16-7/h1-5,15H,6H2. The van der Waals surface area contributed by atoms with Gasteiger partial charge in [-0.3, -0.25) is 0 Å². The lowest BCUT2D eigenvalue weighted by Gasteiger charge is -2.07. The fourth-order valence-electron chi connectivity index (χ4n) is 1.25. The molecule has 2 aromatic rings. The van der Waals surface area contributed by atoms with Crippen molar-refractivity contribution in [2.45, 2.75) is 6.54 Å². The summed E-state index contributed by atoms with van der Waals surface area (Å²) in [4.78, 5) is 1.10. The molecule has 1 heterocycles. The van der Waals surface area contributed by atoms with Gasteiger partial charge in [0.2, 0.25) is 0 Å². The number of nitrogens with one attached hydrogen (secondary N) is 1. The van der Waals surface area contributed by atoms with Gasteiger partial charge in [-0.05, 0) is 33.4 Å². The molecule has 0 spiro atoms. The molecule has 0 saturated carbocycles. The Kier molecular flexibility index (Phi) is 3.56.